The SMILES string of the molecule is O=C1CNc2nc(C(=O)NCC3CC3)ccc2N1. The Kier molecular flexibility index (Phi) is 2.62. The highest BCUT2D eigenvalue weighted by Gasteiger charge is 2.23. The molecule has 1 aromatic heterocycles. The van der Waals surface area contributed by atoms with Gasteiger partial charge in [0.2, 0.25) is 5.91 Å². The van der Waals surface area contributed by atoms with Gasteiger partial charge in [0.1, 0.15) is 5.69 Å². The minimum atomic E-state index is -0.164. The summed E-state index contributed by atoms with van der Waals surface area (Å²) in [6.45, 7) is 0.912. The molecule has 2 aliphatic rings. The molecule has 0 radical (unpaired) electrons. The molecule has 6 nitrogen and oxygen atoms in total. The first-order valence-corrected chi connectivity index (χ1v) is 6.05. The van der Waals surface area contributed by atoms with Gasteiger partial charge in [-0.1, -0.05) is 0 Å². The van der Waals surface area contributed by atoms with E-state index >= 15 is 0 Å². The number of hydrogen-bond donors (Lipinski definition) is 3. The number of nitrogens with zero attached hydrogens (tertiary/aromatic N) is 1. The molecule has 94 valence electrons. The van der Waals surface area contributed by atoms with Gasteiger partial charge in [-0.3, -0.25) is 9.59 Å². The summed E-state index contributed by atoms with van der Waals surface area (Å²) in [6, 6.07) is 3.31. The van der Waals surface area contributed by atoms with Gasteiger partial charge in [0.05, 0.1) is 12.2 Å². The Hall–Kier alpha value is -2.11. The van der Waals surface area contributed by atoms with E-state index < -0.39 is 0 Å². The minimum Gasteiger partial charge on any atom is -0.359 e. The topological polar surface area (TPSA) is 83.1 Å². The van der Waals surface area contributed by atoms with Crippen LogP contribution in [-0.4, -0.2) is 29.9 Å². The Morgan fingerprint density at radius 3 is 3.06 bits per heavy atom. The zero-order chi connectivity index (χ0) is 12.5. The van der Waals surface area contributed by atoms with Crippen molar-refractivity contribution in [3.05, 3.63) is 17.8 Å². The van der Waals surface area contributed by atoms with Crippen LogP contribution in [0.5, 0.6) is 0 Å². The Morgan fingerprint density at radius 1 is 1.44 bits per heavy atom. The number of pyridine rings is 1. The molecule has 0 bridgehead atoms. The highest BCUT2D eigenvalue weighted by Crippen LogP contribution is 2.27. The second kappa shape index (κ2) is 4.29. The van der Waals surface area contributed by atoms with E-state index in [1.165, 1.54) is 12.8 Å². The summed E-state index contributed by atoms with van der Waals surface area (Å²) in [5, 5.41) is 8.43. The quantitative estimate of drug-likeness (QED) is 0.728. The highest BCUT2D eigenvalue weighted by molar-refractivity contribution is 6.01. The standard InChI is InChI=1S/C12H14N4O2/c17-10-6-13-11-8(15-10)3-4-9(16-11)12(18)14-5-7-1-2-7/h3-4,7H,1-2,5-6H2,(H,13,16)(H,14,18)(H,15,17). The van der Waals surface area contributed by atoms with Crippen LogP contribution in [0.4, 0.5) is 11.5 Å². The molecule has 0 spiro atoms. The van der Waals surface area contributed by atoms with Crippen molar-refractivity contribution >= 4 is 23.3 Å². The van der Waals surface area contributed by atoms with Crippen molar-refractivity contribution in [2.24, 2.45) is 5.92 Å². The number of carbonyl (C=O) groups excluding carboxylic acids is 2. The average molecular weight is 246 g/mol. The summed E-state index contributed by atoms with van der Waals surface area (Å²) < 4.78 is 0. The highest BCUT2D eigenvalue weighted by atomic mass is 16.2. The number of hydrogen-bond acceptors (Lipinski definition) is 4. The molecule has 0 atom stereocenters. The third kappa shape index (κ3) is 2.27. The van der Waals surface area contributed by atoms with Gasteiger partial charge in [-0.15, -0.1) is 0 Å². The molecule has 2 amide bonds. The van der Waals surface area contributed by atoms with Crippen LogP contribution in [-0.2, 0) is 4.79 Å². The zero-order valence-corrected chi connectivity index (χ0v) is 9.82. The third-order valence-electron chi connectivity index (χ3n) is 3.07. The van der Waals surface area contributed by atoms with E-state index in [1.807, 2.05) is 0 Å². The molecule has 1 aliphatic heterocycles. The summed E-state index contributed by atoms with van der Waals surface area (Å²) in [7, 11) is 0. The van der Waals surface area contributed by atoms with Crippen molar-refractivity contribution in [1.29, 1.82) is 0 Å². The maximum atomic E-state index is 11.8. The fourth-order valence-corrected chi connectivity index (χ4v) is 1.83. The lowest BCUT2D eigenvalue weighted by Crippen LogP contribution is -2.30. The van der Waals surface area contributed by atoms with Gasteiger partial charge in [-0.2, -0.15) is 0 Å². The van der Waals surface area contributed by atoms with E-state index in [9.17, 15) is 9.59 Å². The van der Waals surface area contributed by atoms with E-state index in [4.69, 9.17) is 0 Å². The predicted octanol–water partition coefficient (Wildman–Crippen LogP) is 0.585. The average Bonchev–Trinajstić information content (AvgIpc) is 3.19. The van der Waals surface area contributed by atoms with Crippen LogP contribution in [0.2, 0.25) is 0 Å². The molecule has 1 fully saturated rings. The Bertz CT molecular complexity index is 511. The lowest BCUT2D eigenvalue weighted by atomic mass is 10.2. The maximum Gasteiger partial charge on any atom is 0.269 e. The maximum absolute atomic E-state index is 11.8. The number of anilines is 2. The van der Waals surface area contributed by atoms with Crippen LogP contribution in [0.25, 0.3) is 0 Å². The number of fused-ring (bicyclic) bond motifs is 1. The van der Waals surface area contributed by atoms with Gasteiger partial charge < -0.3 is 16.0 Å². The van der Waals surface area contributed by atoms with Gasteiger partial charge in [0, 0.05) is 6.54 Å². The van der Waals surface area contributed by atoms with Crippen LogP contribution in [0.15, 0.2) is 12.1 Å². The summed E-state index contributed by atoms with van der Waals surface area (Å²) in [6.07, 6.45) is 2.40. The van der Waals surface area contributed by atoms with E-state index in [0.29, 0.717) is 23.1 Å². The summed E-state index contributed by atoms with van der Waals surface area (Å²) in [4.78, 5) is 27.2. The normalized spacial score (nSPS) is 17.4. The molecule has 0 saturated heterocycles. The van der Waals surface area contributed by atoms with E-state index in [1.54, 1.807) is 12.1 Å². The molecular formula is C12H14N4O2. The first-order chi connectivity index (χ1) is 8.72. The van der Waals surface area contributed by atoms with Gasteiger partial charge >= 0.3 is 0 Å². The first kappa shape index (κ1) is 11.0. The van der Waals surface area contributed by atoms with Gasteiger partial charge in [-0.05, 0) is 30.9 Å². The van der Waals surface area contributed by atoms with E-state index in [-0.39, 0.29) is 18.4 Å². The van der Waals surface area contributed by atoms with Crippen LogP contribution < -0.4 is 16.0 Å². The number of aromatic nitrogens is 1. The number of amides is 2. The molecule has 1 aliphatic carbocycles. The second-order valence-corrected chi connectivity index (χ2v) is 4.65. The number of carbonyl (C=O) groups is 2. The summed E-state index contributed by atoms with van der Waals surface area (Å²) in [5.74, 6) is 0.927. The van der Waals surface area contributed by atoms with Crippen LogP contribution >= 0.6 is 0 Å². The van der Waals surface area contributed by atoms with Gasteiger partial charge in [0.25, 0.3) is 5.91 Å². The predicted molar refractivity (Wildman–Crippen MR) is 66.4 cm³/mol. The minimum absolute atomic E-state index is 0.102. The second-order valence-electron chi connectivity index (χ2n) is 4.65. The molecule has 0 unspecified atom stereocenters. The third-order valence-corrected chi connectivity index (χ3v) is 3.07. The fourth-order valence-electron chi connectivity index (χ4n) is 1.83. The largest absolute Gasteiger partial charge is 0.359 e. The molecule has 1 saturated carbocycles. The summed E-state index contributed by atoms with van der Waals surface area (Å²) in [5.41, 5.74) is 0.989. The Morgan fingerprint density at radius 2 is 2.28 bits per heavy atom. The van der Waals surface area contributed by atoms with Crippen LogP contribution in [0, 0.1) is 5.92 Å². The van der Waals surface area contributed by atoms with Gasteiger partial charge in [-0.25, -0.2) is 4.98 Å². The molecular weight excluding hydrogens is 232 g/mol. The Labute approximate surface area is 104 Å². The zero-order valence-electron chi connectivity index (χ0n) is 9.82. The number of rotatable bonds is 3. The summed E-state index contributed by atoms with van der Waals surface area (Å²) >= 11 is 0. The monoisotopic (exact) mass is 246 g/mol. The van der Waals surface area contributed by atoms with Crippen molar-refractivity contribution in [2.45, 2.75) is 12.8 Å². The molecule has 18 heavy (non-hydrogen) atoms. The van der Waals surface area contributed by atoms with E-state index in [2.05, 4.69) is 20.9 Å². The van der Waals surface area contributed by atoms with Gasteiger partial charge in [0.15, 0.2) is 5.82 Å². The molecule has 1 aromatic rings. The van der Waals surface area contributed by atoms with Crippen molar-refractivity contribution in [3.63, 3.8) is 0 Å². The molecule has 3 rings (SSSR count). The Balaban J connectivity index is 1.72. The first-order valence-electron chi connectivity index (χ1n) is 6.05. The van der Waals surface area contributed by atoms with Crippen LogP contribution in [0.3, 0.4) is 0 Å². The number of nitrogens with one attached hydrogen (secondary N) is 3. The molecule has 3 N–H and O–H groups in total. The lowest BCUT2D eigenvalue weighted by molar-refractivity contribution is -0.114. The van der Waals surface area contributed by atoms with Crippen molar-refractivity contribution in [2.75, 3.05) is 23.7 Å². The molecule has 2 heterocycles. The van der Waals surface area contributed by atoms with Crippen LogP contribution in [0.1, 0.15) is 23.3 Å². The molecule has 0 aromatic carbocycles. The smallest absolute Gasteiger partial charge is 0.269 e. The van der Waals surface area contributed by atoms with E-state index in [0.717, 1.165) is 6.54 Å². The fraction of sp³-hybridized carbons (Fsp3) is 0.417. The lowest BCUT2D eigenvalue weighted by Gasteiger charge is -2.17. The van der Waals surface area contributed by atoms with Crippen molar-refractivity contribution in [3.8, 4) is 0 Å². The van der Waals surface area contributed by atoms with Crippen molar-refractivity contribution < 1.29 is 9.59 Å². The molecule has 6 heteroatoms. The van der Waals surface area contributed by atoms with Crippen molar-refractivity contribution in [1.82, 2.24) is 10.3 Å².